The molecule has 5 nitrogen and oxygen atoms in total. The predicted octanol–water partition coefficient (Wildman–Crippen LogP) is 1.99. The standard InChI is InChI=1S/C12H16N2O3/c1-2-13-7-8-17-12(9-13)10-3-5-11(6-4-10)14(15)16/h3-6,12H,2,7-9H2,1H3/t12-/m0/s1. The predicted molar refractivity (Wildman–Crippen MR) is 63.9 cm³/mol. The van der Waals surface area contributed by atoms with Gasteiger partial charge in [0.2, 0.25) is 0 Å². The molecular formula is C12H16N2O3. The monoisotopic (exact) mass is 236 g/mol. The first-order valence-electron chi connectivity index (χ1n) is 5.79. The number of rotatable bonds is 3. The van der Waals surface area contributed by atoms with Gasteiger partial charge in [0.1, 0.15) is 0 Å². The molecule has 0 unspecified atom stereocenters. The summed E-state index contributed by atoms with van der Waals surface area (Å²) >= 11 is 0. The largest absolute Gasteiger partial charge is 0.371 e. The van der Waals surface area contributed by atoms with Crippen LogP contribution in [0.25, 0.3) is 0 Å². The van der Waals surface area contributed by atoms with Crippen LogP contribution in [0.15, 0.2) is 24.3 Å². The smallest absolute Gasteiger partial charge is 0.269 e. The Bertz CT molecular complexity index is 391. The summed E-state index contributed by atoms with van der Waals surface area (Å²) in [5, 5.41) is 10.6. The highest BCUT2D eigenvalue weighted by molar-refractivity contribution is 5.34. The highest BCUT2D eigenvalue weighted by atomic mass is 16.6. The van der Waals surface area contributed by atoms with Crippen molar-refractivity contribution in [2.45, 2.75) is 13.0 Å². The lowest BCUT2D eigenvalue weighted by Gasteiger charge is -2.32. The number of likely N-dealkylation sites (N-methyl/N-ethyl adjacent to an activating group) is 1. The van der Waals surface area contributed by atoms with E-state index in [9.17, 15) is 10.1 Å². The van der Waals surface area contributed by atoms with Crippen LogP contribution < -0.4 is 0 Å². The van der Waals surface area contributed by atoms with Crippen LogP contribution >= 0.6 is 0 Å². The number of ether oxygens (including phenoxy) is 1. The van der Waals surface area contributed by atoms with Gasteiger partial charge in [-0.1, -0.05) is 6.92 Å². The molecule has 5 heteroatoms. The summed E-state index contributed by atoms with van der Waals surface area (Å²) in [7, 11) is 0. The molecule has 0 bridgehead atoms. The third-order valence-electron chi connectivity index (χ3n) is 3.07. The van der Waals surface area contributed by atoms with Crippen LogP contribution in [0, 0.1) is 10.1 Å². The summed E-state index contributed by atoms with van der Waals surface area (Å²) in [6, 6.07) is 6.62. The molecule has 0 aromatic heterocycles. The Balaban J connectivity index is 2.08. The fourth-order valence-electron chi connectivity index (χ4n) is 2.00. The fraction of sp³-hybridized carbons (Fsp3) is 0.500. The number of nitro benzene ring substituents is 1. The molecule has 1 atom stereocenters. The molecule has 1 heterocycles. The van der Waals surface area contributed by atoms with E-state index in [1.807, 2.05) is 0 Å². The minimum atomic E-state index is -0.385. The quantitative estimate of drug-likeness (QED) is 0.595. The third kappa shape index (κ3) is 2.81. The van der Waals surface area contributed by atoms with Crippen molar-refractivity contribution in [3.63, 3.8) is 0 Å². The minimum absolute atomic E-state index is 0.0319. The van der Waals surface area contributed by atoms with Crippen molar-refractivity contribution in [1.29, 1.82) is 0 Å². The summed E-state index contributed by atoms with van der Waals surface area (Å²) in [6.45, 7) is 5.66. The first-order chi connectivity index (χ1) is 8.20. The topological polar surface area (TPSA) is 55.6 Å². The van der Waals surface area contributed by atoms with Crippen molar-refractivity contribution in [3.05, 3.63) is 39.9 Å². The summed E-state index contributed by atoms with van der Waals surface area (Å²) in [5.41, 5.74) is 1.13. The van der Waals surface area contributed by atoms with Crippen LogP contribution in [0.2, 0.25) is 0 Å². The Morgan fingerprint density at radius 2 is 2.18 bits per heavy atom. The van der Waals surface area contributed by atoms with Gasteiger partial charge in [-0.15, -0.1) is 0 Å². The number of morpholine rings is 1. The lowest BCUT2D eigenvalue weighted by Crippen LogP contribution is -2.38. The lowest BCUT2D eigenvalue weighted by atomic mass is 10.1. The van der Waals surface area contributed by atoms with Crippen LogP contribution in [0.5, 0.6) is 0 Å². The molecule has 0 radical (unpaired) electrons. The number of benzene rings is 1. The summed E-state index contributed by atoms with van der Waals surface area (Å²) in [4.78, 5) is 12.5. The van der Waals surface area contributed by atoms with E-state index in [2.05, 4.69) is 11.8 Å². The van der Waals surface area contributed by atoms with Crippen molar-refractivity contribution in [2.75, 3.05) is 26.2 Å². The molecule has 0 amide bonds. The summed E-state index contributed by atoms with van der Waals surface area (Å²) in [5.74, 6) is 0. The zero-order valence-electron chi connectivity index (χ0n) is 9.83. The summed E-state index contributed by atoms with van der Waals surface area (Å²) in [6.07, 6.45) is 0.0319. The highest BCUT2D eigenvalue weighted by Crippen LogP contribution is 2.23. The molecule has 0 aliphatic carbocycles. The number of hydrogen-bond donors (Lipinski definition) is 0. The first-order valence-corrected chi connectivity index (χ1v) is 5.79. The van der Waals surface area contributed by atoms with E-state index in [-0.39, 0.29) is 16.7 Å². The minimum Gasteiger partial charge on any atom is -0.371 e. The van der Waals surface area contributed by atoms with E-state index < -0.39 is 0 Å². The Morgan fingerprint density at radius 3 is 2.76 bits per heavy atom. The van der Waals surface area contributed by atoms with Crippen molar-refractivity contribution in [2.24, 2.45) is 0 Å². The first kappa shape index (κ1) is 12.0. The molecule has 1 aromatic rings. The van der Waals surface area contributed by atoms with Gasteiger partial charge in [0.25, 0.3) is 5.69 Å². The van der Waals surface area contributed by atoms with Crippen molar-refractivity contribution in [3.8, 4) is 0 Å². The van der Waals surface area contributed by atoms with Gasteiger partial charge >= 0.3 is 0 Å². The zero-order chi connectivity index (χ0) is 12.3. The molecular weight excluding hydrogens is 220 g/mol. The molecule has 1 aliphatic rings. The van der Waals surface area contributed by atoms with Crippen LogP contribution in [0.3, 0.4) is 0 Å². The van der Waals surface area contributed by atoms with Crippen LogP contribution in [0.4, 0.5) is 5.69 Å². The molecule has 92 valence electrons. The highest BCUT2D eigenvalue weighted by Gasteiger charge is 2.21. The number of nitrogens with zero attached hydrogens (tertiary/aromatic N) is 2. The van der Waals surface area contributed by atoms with E-state index in [4.69, 9.17) is 4.74 Å². The second kappa shape index (κ2) is 5.25. The van der Waals surface area contributed by atoms with Crippen molar-refractivity contribution >= 4 is 5.69 Å². The Morgan fingerprint density at radius 1 is 1.47 bits per heavy atom. The number of non-ortho nitro benzene ring substituents is 1. The van der Waals surface area contributed by atoms with Gasteiger partial charge in [-0.05, 0) is 24.2 Å². The molecule has 2 rings (SSSR count). The lowest BCUT2D eigenvalue weighted by molar-refractivity contribution is -0.384. The van der Waals surface area contributed by atoms with Crippen molar-refractivity contribution in [1.82, 2.24) is 4.90 Å². The molecule has 17 heavy (non-hydrogen) atoms. The fourth-order valence-corrected chi connectivity index (χ4v) is 2.00. The van der Waals surface area contributed by atoms with Gasteiger partial charge in [-0.25, -0.2) is 0 Å². The van der Waals surface area contributed by atoms with Crippen LogP contribution in [-0.2, 0) is 4.74 Å². The van der Waals surface area contributed by atoms with Gasteiger partial charge in [0.15, 0.2) is 0 Å². The van der Waals surface area contributed by atoms with Gasteiger partial charge in [0.05, 0.1) is 17.6 Å². The Labute approximate surface area is 100 Å². The molecule has 0 saturated carbocycles. The summed E-state index contributed by atoms with van der Waals surface area (Å²) < 4.78 is 5.68. The van der Waals surface area contributed by atoms with E-state index in [0.717, 1.165) is 31.8 Å². The average Bonchev–Trinajstić information content (AvgIpc) is 2.39. The average molecular weight is 236 g/mol. The van der Waals surface area contributed by atoms with Gasteiger partial charge in [0, 0.05) is 25.2 Å². The molecule has 0 N–H and O–H groups in total. The third-order valence-corrected chi connectivity index (χ3v) is 3.07. The molecule has 1 saturated heterocycles. The van der Waals surface area contributed by atoms with Gasteiger partial charge < -0.3 is 4.74 Å². The second-order valence-electron chi connectivity index (χ2n) is 4.10. The number of hydrogen-bond acceptors (Lipinski definition) is 4. The molecule has 1 fully saturated rings. The van der Waals surface area contributed by atoms with Gasteiger partial charge in [-0.2, -0.15) is 0 Å². The second-order valence-corrected chi connectivity index (χ2v) is 4.10. The Kier molecular flexibility index (Phi) is 3.71. The van der Waals surface area contributed by atoms with E-state index in [1.165, 1.54) is 12.1 Å². The number of nitro groups is 1. The molecule has 1 aromatic carbocycles. The van der Waals surface area contributed by atoms with Crippen molar-refractivity contribution < 1.29 is 9.66 Å². The van der Waals surface area contributed by atoms with Gasteiger partial charge in [-0.3, -0.25) is 15.0 Å². The zero-order valence-corrected chi connectivity index (χ0v) is 9.83. The van der Waals surface area contributed by atoms with E-state index >= 15 is 0 Å². The maximum absolute atomic E-state index is 10.6. The maximum atomic E-state index is 10.6. The van der Waals surface area contributed by atoms with Crippen LogP contribution in [-0.4, -0.2) is 36.1 Å². The van der Waals surface area contributed by atoms with E-state index in [1.54, 1.807) is 12.1 Å². The SMILES string of the molecule is CCN1CCO[C@H](c2ccc([N+](=O)[O-])cc2)C1. The molecule has 0 spiro atoms. The normalized spacial score (nSPS) is 21.4. The Hall–Kier alpha value is -1.46. The molecule has 1 aliphatic heterocycles. The van der Waals surface area contributed by atoms with Crippen LogP contribution in [0.1, 0.15) is 18.6 Å². The van der Waals surface area contributed by atoms with E-state index in [0.29, 0.717) is 0 Å². The maximum Gasteiger partial charge on any atom is 0.269 e.